The lowest BCUT2D eigenvalue weighted by Gasteiger charge is -2.44. The van der Waals surface area contributed by atoms with Gasteiger partial charge in [-0.2, -0.15) is 0 Å². The molecule has 3 heterocycles. The standard InChI is InChI=1S/C27H48N10O10/c1-12(39)33-14(5-3-7-31-17(41)8-13(29)4-2-6-28)9-18(42)34-21-22(43)23(47-26(30)45)16(11-38)46-25(21)37-27-35-19-15(40)10-32-24(44)20(19)36-27/h13-16,19-23,25,38,40,43H,2-11,28-29H2,1H3,(H2,30,45)(H,31,41)(H,32,44)(H,33,39)(H,34,42)(H2,35,36,37). The second-order valence-electron chi connectivity index (χ2n) is 11.8. The smallest absolute Gasteiger partial charge is 0.404 e. The largest absolute Gasteiger partial charge is 0.441 e. The number of hydrogen-bond acceptors (Lipinski definition) is 15. The molecule has 266 valence electrons. The Balaban J connectivity index is 1.66. The van der Waals surface area contributed by atoms with Gasteiger partial charge in [0.25, 0.3) is 0 Å². The van der Waals surface area contributed by atoms with Crippen molar-refractivity contribution in [1.82, 2.24) is 31.9 Å². The number of carbonyl (C=O) groups is 5. The fourth-order valence-corrected chi connectivity index (χ4v) is 5.69. The van der Waals surface area contributed by atoms with Crippen LogP contribution in [0, 0.1) is 0 Å². The van der Waals surface area contributed by atoms with Gasteiger partial charge in [-0.05, 0) is 32.2 Å². The van der Waals surface area contributed by atoms with E-state index in [2.05, 4.69) is 36.9 Å². The number of aliphatic hydroxyl groups excluding tert-OH is 3. The van der Waals surface area contributed by atoms with Gasteiger partial charge in [0, 0.05) is 44.9 Å². The molecule has 0 bridgehead atoms. The van der Waals surface area contributed by atoms with Crippen LogP contribution in [0.3, 0.4) is 0 Å². The number of aliphatic hydroxyl groups is 3. The normalized spacial score (nSPS) is 29.6. The van der Waals surface area contributed by atoms with E-state index >= 15 is 0 Å². The highest BCUT2D eigenvalue weighted by Gasteiger charge is 2.49. The summed E-state index contributed by atoms with van der Waals surface area (Å²) < 4.78 is 10.8. The van der Waals surface area contributed by atoms with Crippen molar-refractivity contribution >= 4 is 35.7 Å². The molecule has 15 N–H and O–H groups in total. The molecule has 0 aromatic heterocycles. The van der Waals surface area contributed by atoms with E-state index < -0.39 is 85.2 Å². The molecule has 3 rings (SSSR count). The van der Waals surface area contributed by atoms with Crippen molar-refractivity contribution in [2.75, 3.05) is 26.2 Å². The van der Waals surface area contributed by atoms with Gasteiger partial charge < -0.3 is 73.9 Å². The van der Waals surface area contributed by atoms with Gasteiger partial charge in [-0.15, -0.1) is 0 Å². The second kappa shape index (κ2) is 17.9. The van der Waals surface area contributed by atoms with E-state index in [9.17, 15) is 39.3 Å². The van der Waals surface area contributed by atoms with E-state index in [0.717, 1.165) is 0 Å². The first-order valence-electron chi connectivity index (χ1n) is 15.6. The maximum Gasteiger partial charge on any atom is 0.404 e. The monoisotopic (exact) mass is 672 g/mol. The van der Waals surface area contributed by atoms with E-state index in [4.69, 9.17) is 26.7 Å². The molecular formula is C27H48N10O10. The molecule has 20 heteroatoms. The van der Waals surface area contributed by atoms with Crippen LogP contribution in [0.1, 0.15) is 45.4 Å². The zero-order chi connectivity index (χ0) is 34.7. The van der Waals surface area contributed by atoms with Crippen molar-refractivity contribution in [3.63, 3.8) is 0 Å². The third-order valence-electron chi connectivity index (χ3n) is 7.96. The highest BCUT2D eigenvalue weighted by molar-refractivity contribution is 5.92. The molecule has 3 aliphatic rings. The fourth-order valence-electron chi connectivity index (χ4n) is 5.69. The average molecular weight is 673 g/mol. The van der Waals surface area contributed by atoms with Crippen LogP contribution >= 0.6 is 0 Å². The molecule has 0 saturated carbocycles. The number of amides is 5. The zero-order valence-corrected chi connectivity index (χ0v) is 26.2. The van der Waals surface area contributed by atoms with Crippen molar-refractivity contribution in [2.24, 2.45) is 22.2 Å². The number of β-amino-alcohol motifs (C(OH)–C–C–N with tert-alkyl or cyclic N) is 1. The van der Waals surface area contributed by atoms with Gasteiger partial charge >= 0.3 is 6.09 Å². The summed E-state index contributed by atoms with van der Waals surface area (Å²) in [6.45, 7) is 1.36. The molecule has 10 unspecified atom stereocenters. The third kappa shape index (κ3) is 11.1. The Labute approximate surface area is 271 Å². The number of carbonyl (C=O) groups excluding carboxylic acids is 5. The summed E-state index contributed by atoms with van der Waals surface area (Å²) >= 11 is 0. The Kier molecular flexibility index (Phi) is 14.3. The van der Waals surface area contributed by atoms with Crippen LogP contribution < -0.4 is 49.1 Å². The van der Waals surface area contributed by atoms with Crippen LogP contribution in [-0.2, 0) is 28.7 Å². The van der Waals surface area contributed by atoms with Gasteiger partial charge in [0.15, 0.2) is 24.3 Å². The second-order valence-corrected chi connectivity index (χ2v) is 11.8. The van der Waals surface area contributed by atoms with E-state index in [0.29, 0.717) is 32.2 Å². The number of rotatable bonds is 16. The van der Waals surface area contributed by atoms with Crippen LogP contribution in [0.15, 0.2) is 4.99 Å². The molecule has 2 saturated heterocycles. The summed E-state index contributed by atoms with van der Waals surface area (Å²) in [7, 11) is 0. The van der Waals surface area contributed by atoms with Crippen molar-refractivity contribution < 1.29 is 48.8 Å². The Hall–Kier alpha value is -3.82. The Morgan fingerprint density at radius 1 is 1.15 bits per heavy atom. The van der Waals surface area contributed by atoms with E-state index in [-0.39, 0.29) is 43.8 Å². The number of piperidine rings is 1. The first kappa shape index (κ1) is 37.6. The number of aliphatic imine (C=N–C) groups is 1. The number of nitrogens with one attached hydrogen (secondary N) is 6. The van der Waals surface area contributed by atoms with Crippen LogP contribution in [0.4, 0.5) is 4.79 Å². The summed E-state index contributed by atoms with van der Waals surface area (Å²) in [5, 5.41) is 47.8. The summed E-state index contributed by atoms with van der Waals surface area (Å²) in [6, 6.07) is -4.00. The maximum atomic E-state index is 13.3. The number of primary amides is 1. The Morgan fingerprint density at radius 3 is 2.53 bits per heavy atom. The van der Waals surface area contributed by atoms with Crippen LogP contribution in [0.5, 0.6) is 0 Å². The van der Waals surface area contributed by atoms with Crippen molar-refractivity contribution in [1.29, 1.82) is 0 Å². The molecule has 20 nitrogen and oxygen atoms in total. The first-order chi connectivity index (χ1) is 22.3. The summed E-state index contributed by atoms with van der Waals surface area (Å²) in [5.41, 5.74) is 16.6. The zero-order valence-electron chi connectivity index (χ0n) is 26.2. The molecule has 10 atom stereocenters. The molecule has 0 aromatic carbocycles. The van der Waals surface area contributed by atoms with E-state index in [1.165, 1.54) is 6.92 Å². The number of guanidine groups is 1. The Morgan fingerprint density at radius 2 is 1.89 bits per heavy atom. The first-order valence-corrected chi connectivity index (χ1v) is 15.6. The van der Waals surface area contributed by atoms with E-state index in [1.807, 2.05) is 0 Å². The van der Waals surface area contributed by atoms with Gasteiger partial charge in [0.1, 0.15) is 18.2 Å². The molecule has 0 spiro atoms. The van der Waals surface area contributed by atoms with Crippen molar-refractivity contribution in [3.05, 3.63) is 0 Å². The molecule has 0 aliphatic carbocycles. The Bertz CT molecular complexity index is 1150. The number of fused-ring (bicyclic) bond motifs is 1. The number of ether oxygens (including phenoxy) is 2. The molecule has 5 amide bonds. The van der Waals surface area contributed by atoms with Crippen LogP contribution in [-0.4, -0.2) is 138 Å². The topological polar surface area (TPSA) is 327 Å². The molecule has 47 heavy (non-hydrogen) atoms. The lowest BCUT2D eigenvalue weighted by Crippen LogP contribution is -2.70. The number of nitrogens with two attached hydrogens (primary N) is 3. The number of hydrogen-bond donors (Lipinski definition) is 12. The minimum absolute atomic E-state index is 0.0110. The van der Waals surface area contributed by atoms with Gasteiger partial charge in [-0.3, -0.25) is 19.2 Å². The van der Waals surface area contributed by atoms with Crippen LogP contribution in [0.25, 0.3) is 0 Å². The van der Waals surface area contributed by atoms with Gasteiger partial charge in [-0.25, -0.2) is 9.79 Å². The summed E-state index contributed by atoms with van der Waals surface area (Å²) in [5.74, 6) is -1.66. The lowest BCUT2D eigenvalue weighted by molar-refractivity contribution is -0.198. The maximum absolute atomic E-state index is 13.3. The highest BCUT2D eigenvalue weighted by atomic mass is 16.6. The summed E-state index contributed by atoms with van der Waals surface area (Å²) in [6.07, 6.45) is -5.94. The van der Waals surface area contributed by atoms with Crippen molar-refractivity contribution in [2.45, 2.75) is 106 Å². The third-order valence-corrected chi connectivity index (χ3v) is 7.96. The molecule has 0 radical (unpaired) electrons. The van der Waals surface area contributed by atoms with Gasteiger partial charge in [-0.1, -0.05) is 0 Å². The van der Waals surface area contributed by atoms with Gasteiger partial charge in [0.05, 0.1) is 18.8 Å². The predicted molar refractivity (Wildman–Crippen MR) is 164 cm³/mol. The molecule has 3 aliphatic heterocycles. The minimum atomic E-state index is -1.65. The number of nitrogens with zero attached hydrogens (tertiary/aromatic N) is 1. The predicted octanol–water partition coefficient (Wildman–Crippen LogP) is -5.96. The molecule has 0 aromatic rings. The van der Waals surface area contributed by atoms with Gasteiger partial charge in [0.2, 0.25) is 23.6 Å². The highest BCUT2D eigenvalue weighted by Crippen LogP contribution is 2.24. The minimum Gasteiger partial charge on any atom is -0.441 e. The SMILES string of the molecule is CC(=O)NC(CCCNC(=O)CC(N)CCCN)CC(=O)NC1C(NC2=NC3C(=O)NCC(O)C3N2)OC(CO)C(OC(N)=O)C1O. The molecular weight excluding hydrogens is 624 g/mol. The average Bonchev–Trinajstić information content (AvgIpc) is 3.44. The summed E-state index contributed by atoms with van der Waals surface area (Å²) in [4.78, 5) is 65.4. The quantitative estimate of drug-likeness (QED) is 0.0680. The van der Waals surface area contributed by atoms with Crippen molar-refractivity contribution in [3.8, 4) is 0 Å². The van der Waals surface area contributed by atoms with Crippen LogP contribution in [0.2, 0.25) is 0 Å². The fraction of sp³-hybridized carbons (Fsp3) is 0.778. The molecule has 2 fully saturated rings. The van der Waals surface area contributed by atoms with E-state index in [1.54, 1.807) is 0 Å². The lowest BCUT2D eigenvalue weighted by atomic mass is 9.95.